The summed E-state index contributed by atoms with van der Waals surface area (Å²) in [5, 5.41) is 7.16. The molecular formula is C23H24N2OS. The highest BCUT2D eigenvalue weighted by atomic mass is 32.1. The molecule has 27 heavy (non-hydrogen) atoms. The Bertz CT molecular complexity index is 796. The van der Waals surface area contributed by atoms with Crippen LogP contribution in [0.1, 0.15) is 23.5 Å². The van der Waals surface area contributed by atoms with E-state index in [1.165, 1.54) is 11.1 Å². The van der Waals surface area contributed by atoms with E-state index in [2.05, 4.69) is 71.3 Å². The Morgan fingerprint density at radius 3 is 1.93 bits per heavy atom. The van der Waals surface area contributed by atoms with Gasteiger partial charge >= 0.3 is 0 Å². The van der Waals surface area contributed by atoms with Gasteiger partial charge in [0.05, 0.1) is 7.11 Å². The molecule has 0 heterocycles. The van der Waals surface area contributed by atoms with E-state index in [0.717, 1.165) is 24.4 Å². The molecule has 3 rings (SSSR count). The summed E-state index contributed by atoms with van der Waals surface area (Å²) in [6, 6.07) is 28.9. The first-order valence-electron chi connectivity index (χ1n) is 9.05. The van der Waals surface area contributed by atoms with E-state index in [9.17, 15) is 0 Å². The molecule has 3 nitrogen and oxygen atoms in total. The van der Waals surface area contributed by atoms with E-state index < -0.39 is 0 Å². The van der Waals surface area contributed by atoms with Crippen molar-refractivity contribution in [2.24, 2.45) is 0 Å². The van der Waals surface area contributed by atoms with Crippen molar-refractivity contribution in [3.63, 3.8) is 0 Å². The molecule has 0 atom stereocenters. The molecule has 0 spiro atoms. The normalized spacial score (nSPS) is 10.4. The van der Waals surface area contributed by atoms with Crippen molar-refractivity contribution in [3.8, 4) is 5.75 Å². The fraction of sp³-hybridized carbons (Fsp3) is 0.174. The zero-order chi connectivity index (χ0) is 18.9. The van der Waals surface area contributed by atoms with Gasteiger partial charge in [-0.2, -0.15) is 0 Å². The Morgan fingerprint density at radius 2 is 1.41 bits per heavy atom. The molecule has 0 amide bonds. The third-order valence-corrected chi connectivity index (χ3v) is 4.72. The second-order valence-corrected chi connectivity index (χ2v) is 6.68. The molecule has 3 aromatic rings. The van der Waals surface area contributed by atoms with Crippen LogP contribution in [-0.4, -0.2) is 18.8 Å². The Hall–Kier alpha value is -2.85. The molecule has 0 saturated carbocycles. The van der Waals surface area contributed by atoms with Crippen molar-refractivity contribution in [3.05, 3.63) is 96.1 Å². The molecule has 0 aliphatic rings. The number of ether oxygens (including phenoxy) is 1. The molecule has 3 aromatic carbocycles. The van der Waals surface area contributed by atoms with E-state index >= 15 is 0 Å². The third-order valence-electron chi connectivity index (χ3n) is 4.47. The average Bonchev–Trinajstić information content (AvgIpc) is 2.73. The quantitative estimate of drug-likeness (QED) is 0.555. The lowest BCUT2D eigenvalue weighted by atomic mass is 9.88. The summed E-state index contributed by atoms with van der Waals surface area (Å²) < 4.78 is 5.17. The highest BCUT2D eigenvalue weighted by Crippen LogP contribution is 2.27. The van der Waals surface area contributed by atoms with E-state index in [4.69, 9.17) is 17.0 Å². The highest BCUT2D eigenvalue weighted by Gasteiger charge is 2.13. The molecule has 4 heteroatoms. The Morgan fingerprint density at radius 1 is 0.852 bits per heavy atom. The zero-order valence-corrected chi connectivity index (χ0v) is 16.2. The maximum atomic E-state index is 5.43. The van der Waals surface area contributed by atoms with Crippen molar-refractivity contribution < 1.29 is 4.74 Å². The lowest BCUT2D eigenvalue weighted by molar-refractivity contribution is 0.415. The molecular weight excluding hydrogens is 352 g/mol. The van der Waals surface area contributed by atoms with Crippen molar-refractivity contribution in [1.29, 1.82) is 0 Å². The van der Waals surface area contributed by atoms with Gasteiger partial charge in [0.2, 0.25) is 0 Å². The molecule has 0 fully saturated rings. The number of anilines is 1. The van der Waals surface area contributed by atoms with Crippen LogP contribution in [0.5, 0.6) is 5.75 Å². The molecule has 0 saturated heterocycles. The van der Waals surface area contributed by atoms with Crippen molar-refractivity contribution in [2.75, 3.05) is 19.0 Å². The van der Waals surface area contributed by atoms with Crippen LogP contribution in [0.4, 0.5) is 5.69 Å². The maximum absolute atomic E-state index is 5.43. The van der Waals surface area contributed by atoms with E-state index in [1.807, 2.05) is 24.3 Å². The monoisotopic (exact) mass is 376 g/mol. The number of hydrogen-bond donors (Lipinski definition) is 2. The largest absolute Gasteiger partial charge is 0.497 e. The van der Waals surface area contributed by atoms with Crippen LogP contribution in [0.2, 0.25) is 0 Å². The second-order valence-electron chi connectivity index (χ2n) is 6.27. The summed E-state index contributed by atoms with van der Waals surface area (Å²) in [4.78, 5) is 0. The fourth-order valence-corrected chi connectivity index (χ4v) is 3.30. The van der Waals surface area contributed by atoms with Gasteiger partial charge in [-0.25, -0.2) is 0 Å². The average molecular weight is 377 g/mol. The summed E-state index contributed by atoms with van der Waals surface area (Å²) in [5.41, 5.74) is 3.58. The lowest BCUT2D eigenvalue weighted by Gasteiger charge is -2.19. The van der Waals surface area contributed by atoms with Crippen LogP contribution in [0.25, 0.3) is 0 Å². The number of nitrogens with one attached hydrogen (secondary N) is 2. The SMILES string of the molecule is COc1ccc(NC(=S)NCCC(c2ccccc2)c2ccccc2)cc1. The number of rotatable bonds is 7. The minimum atomic E-state index is 0.337. The van der Waals surface area contributed by atoms with Crippen molar-refractivity contribution in [2.45, 2.75) is 12.3 Å². The number of benzene rings is 3. The van der Waals surface area contributed by atoms with Crippen LogP contribution < -0.4 is 15.4 Å². The molecule has 2 N–H and O–H groups in total. The van der Waals surface area contributed by atoms with Gasteiger partial charge in [0.25, 0.3) is 0 Å². The van der Waals surface area contributed by atoms with Gasteiger partial charge in [-0.15, -0.1) is 0 Å². The summed E-state index contributed by atoms with van der Waals surface area (Å²) in [7, 11) is 1.66. The third kappa shape index (κ3) is 5.56. The van der Waals surface area contributed by atoms with Crippen molar-refractivity contribution >= 4 is 23.0 Å². The summed E-state index contributed by atoms with van der Waals surface area (Å²) in [6.45, 7) is 0.788. The fourth-order valence-electron chi connectivity index (χ4n) is 3.08. The Balaban J connectivity index is 1.58. The van der Waals surface area contributed by atoms with Gasteiger partial charge in [0.15, 0.2) is 5.11 Å². The summed E-state index contributed by atoms with van der Waals surface area (Å²) >= 11 is 5.43. The first-order chi connectivity index (χ1) is 13.3. The van der Waals surface area contributed by atoms with Gasteiger partial charge in [-0.1, -0.05) is 60.7 Å². The van der Waals surface area contributed by atoms with E-state index in [-0.39, 0.29) is 0 Å². The van der Waals surface area contributed by atoms with Crippen LogP contribution in [-0.2, 0) is 0 Å². The predicted molar refractivity (Wildman–Crippen MR) is 117 cm³/mol. The molecule has 138 valence electrons. The molecule has 0 aliphatic heterocycles. The smallest absolute Gasteiger partial charge is 0.170 e. The van der Waals surface area contributed by atoms with Crippen LogP contribution in [0, 0.1) is 0 Å². The summed E-state index contributed by atoms with van der Waals surface area (Å²) in [6.07, 6.45) is 0.957. The number of methoxy groups -OCH3 is 1. The highest BCUT2D eigenvalue weighted by molar-refractivity contribution is 7.80. The van der Waals surface area contributed by atoms with Gasteiger partial charge in [-0.05, 0) is 54.0 Å². The summed E-state index contributed by atoms with van der Waals surface area (Å²) in [5.74, 6) is 1.16. The minimum Gasteiger partial charge on any atom is -0.497 e. The Kier molecular flexibility index (Phi) is 6.83. The first-order valence-corrected chi connectivity index (χ1v) is 9.46. The Labute approximate surface area is 166 Å². The molecule has 0 aliphatic carbocycles. The molecule has 0 bridgehead atoms. The molecule has 0 unspecified atom stereocenters. The van der Waals surface area contributed by atoms with Gasteiger partial charge < -0.3 is 15.4 Å². The maximum Gasteiger partial charge on any atom is 0.170 e. The topological polar surface area (TPSA) is 33.3 Å². The van der Waals surface area contributed by atoms with Crippen LogP contribution in [0.3, 0.4) is 0 Å². The van der Waals surface area contributed by atoms with E-state index in [0.29, 0.717) is 11.0 Å². The zero-order valence-electron chi connectivity index (χ0n) is 15.4. The van der Waals surface area contributed by atoms with Gasteiger partial charge in [-0.3, -0.25) is 0 Å². The lowest BCUT2D eigenvalue weighted by Crippen LogP contribution is -2.30. The predicted octanol–water partition coefficient (Wildman–Crippen LogP) is 5.20. The van der Waals surface area contributed by atoms with Crippen LogP contribution in [0.15, 0.2) is 84.9 Å². The number of hydrogen-bond acceptors (Lipinski definition) is 2. The van der Waals surface area contributed by atoms with E-state index in [1.54, 1.807) is 7.11 Å². The van der Waals surface area contributed by atoms with Crippen LogP contribution >= 0.6 is 12.2 Å². The van der Waals surface area contributed by atoms with Crippen molar-refractivity contribution in [1.82, 2.24) is 5.32 Å². The standard InChI is InChI=1S/C23H24N2OS/c1-26-21-14-12-20(13-15-21)25-23(27)24-17-16-22(18-8-4-2-5-9-18)19-10-6-3-7-11-19/h2-15,22H,16-17H2,1H3,(H2,24,25,27). The molecule has 0 radical (unpaired) electrons. The molecule has 0 aromatic heterocycles. The van der Waals surface area contributed by atoms with Gasteiger partial charge in [0, 0.05) is 18.2 Å². The van der Waals surface area contributed by atoms with Gasteiger partial charge in [0.1, 0.15) is 5.75 Å². The number of thiocarbonyl (C=S) groups is 1. The second kappa shape index (κ2) is 9.74. The minimum absolute atomic E-state index is 0.337. The first kappa shape index (κ1) is 18.9.